The first-order valence-corrected chi connectivity index (χ1v) is 9.43. The molecule has 0 saturated carbocycles. The first-order valence-electron chi connectivity index (χ1n) is 8.64. The molecule has 1 aliphatic rings. The van der Waals surface area contributed by atoms with Crippen LogP contribution < -0.4 is 10.6 Å². The van der Waals surface area contributed by atoms with Crippen LogP contribution in [-0.2, 0) is 11.3 Å². The number of benzene rings is 2. The maximum Gasteiger partial charge on any atom is 0.251 e. The van der Waals surface area contributed by atoms with Gasteiger partial charge in [0.05, 0.1) is 6.10 Å². The van der Waals surface area contributed by atoms with Gasteiger partial charge in [0.2, 0.25) is 0 Å². The van der Waals surface area contributed by atoms with E-state index < -0.39 is 0 Å². The zero-order valence-electron chi connectivity index (χ0n) is 14.3. The molecule has 26 heavy (non-hydrogen) atoms. The number of hydrogen-bond donors (Lipinski definition) is 2. The van der Waals surface area contributed by atoms with E-state index in [0.717, 1.165) is 29.5 Å². The minimum Gasteiger partial charge on any atom is -0.376 e. The summed E-state index contributed by atoms with van der Waals surface area (Å²) in [5.74, 6) is -0.234. The Kier molecular flexibility index (Phi) is 6.41. The van der Waals surface area contributed by atoms with E-state index >= 15 is 0 Å². The second kappa shape index (κ2) is 8.96. The van der Waals surface area contributed by atoms with Gasteiger partial charge in [-0.1, -0.05) is 28.1 Å². The average Bonchev–Trinajstić information content (AvgIpc) is 3.19. The molecule has 5 nitrogen and oxygen atoms in total. The largest absolute Gasteiger partial charge is 0.376 e. The molecule has 0 radical (unpaired) electrons. The molecule has 0 bridgehead atoms. The normalized spacial score (nSPS) is 16.3. The number of hydrogen-bond acceptors (Lipinski definition) is 3. The minimum atomic E-state index is -0.129. The molecule has 2 N–H and O–H groups in total. The molecule has 1 fully saturated rings. The van der Waals surface area contributed by atoms with Crippen molar-refractivity contribution in [2.24, 2.45) is 0 Å². The Hall–Kier alpha value is -2.18. The lowest BCUT2D eigenvalue weighted by molar-refractivity contribution is 0.0857. The molecule has 3 rings (SSSR count). The Bertz CT molecular complexity index is 754. The van der Waals surface area contributed by atoms with Gasteiger partial charge >= 0.3 is 0 Å². The van der Waals surface area contributed by atoms with Crippen molar-refractivity contribution in [3.63, 3.8) is 0 Å². The number of amides is 2. The number of ether oxygens (including phenoxy) is 1. The second-order valence-corrected chi connectivity index (χ2v) is 7.15. The summed E-state index contributed by atoms with van der Waals surface area (Å²) >= 11 is 3.35. The van der Waals surface area contributed by atoms with Crippen LogP contribution in [-0.4, -0.2) is 31.1 Å². The smallest absolute Gasteiger partial charge is 0.251 e. The van der Waals surface area contributed by atoms with Crippen molar-refractivity contribution in [1.82, 2.24) is 10.6 Å². The van der Waals surface area contributed by atoms with Crippen LogP contribution in [0.1, 0.15) is 39.1 Å². The van der Waals surface area contributed by atoms with E-state index in [1.165, 1.54) is 0 Å². The van der Waals surface area contributed by atoms with Gasteiger partial charge in [0, 0.05) is 35.3 Å². The number of carbonyl (C=O) groups excluding carboxylic acids is 2. The summed E-state index contributed by atoms with van der Waals surface area (Å²) < 4.78 is 6.43. The van der Waals surface area contributed by atoms with Gasteiger partial charge in [-0.3, -0.25) is 9.59 Å². The van der Waals surface area contributed by atoms with Crippen molar-refractivity contribution in [3.8, 4) is 0 Å². The molecule has 136 valence electrons. The van der Waals surface area contributed by atoms with Crippen LogP contribution in [0.15, 0.2) is 53.0 Å². The maximum atomic E-state index is 12.2. The minimum absolute atomic E-state index is 0.106. The molecule has 2 aromatic carbocycles. The van der Waals surface area contributed by atoms with E-state index in [0.29, 0.717) is 24.2 Å². The summed E-state index contributed by atoms with van der Waals surface area (Å²) in [6.07, 6.45) is 2.19. The Morgan fingerprint density at radius 3 is 2.19 bits per heavy atom. The molecule has 0 spiro atoms. The SMILES string of the molecule is O=C(NCc1ccc(C(=O)NCC2CCCO2)cc1)c1ccc(Br)cc1. The van der Waals surface area contributed by atoms with Crippen LogP contribution in [0.5, 0.6) is 0 Å². The quantitative estimate of drug-likeness (QED) is 0.758. The number of carbonyl (C=O) groups is 2. The van der Waals surface area contributed by atoms with E-state index in [2.05, 4.69) is 26.6 Å². The van der Waals surface area contributed by atoms with E-state index in [1.54, 1.807) is 24.3 Å². The lowest BCUT2D eigenvalue weighted by Gasteiger charge is -2.11. The van der Waals surface area contributed by atoms with Crippen molar-refractivity contribution in [1.29, 1.82) is 0 Å². The van der Waals surface area contributed by atoms with Gasteiger partial charge in [-0.25, -0.2) is 0 Å². The van der Waals surface area contributed by atoms with Gasteiger partial charge in [0.25, 0.3) is 11.8 Å². The Morgan fingerprint density at radius 2 is 1.58 bits per heavy atom. The lowest BCUT2D eigenvalue weighted by Crippen LogP contribution is -2.31. The van der Waals surface area contributed by atoms with Gasteiger partial charge < -0.3 is 15.4 Å². The summed E-state index contributed by atoms with van der Waals surface area (Å²) in [6, 6.07) is 14.4. The highest BCUT2D eigenvalue weighted by Crippen LogP contribution is 2.12. The topological polar surface area (TPSA) is 67.4 Å². The van der Waals surface area contributed by atoms with E-state index in [1.807, 2.05) is 24.3 Å². The molecular weight excluding hydrogens is 396 g/mol. The highest BCUT2D eigenvalue weighted by molar-refractivity contribution is 9.10. The van der Waals surface area contributed by atoms with Crippen LogP contribution >= 0.6 is 15.9 Å². The van der Waals surface area contributed by atoms with Crippen molar-refractivity contribution in [2.75, 3.05) is 13.2 Å². The number of nitrogens with one attached hydrogen (secondary N) is 2. The van der Waals surface area contributed by atoms with Gasteiger partial charge in [-0.15, -0.1) is 0 Å². The van der Waals surface area contributed by atoms with Crippen molar-refractivity contribution in [3.05, 3.63) is 69.7 Å². The molecule has 2 aromatic rings. The summed E-state index contributed by atoms with van der Waals surface area (Å²) in [5.41, 5.74) is 2.15. The molecule has 1 atom stereocenters. The maximum absolute atomic E-state index is 12.2. The first kappa shape index (κ1) is 18.6. The van der Waals surface area contributed by atoms with Gasteiger partial charge in [0.1, 0.15) is 0 Å². The molecule has 1 heterocycles. The van der Waals surface area contributed by atoms with Gasteiger partial charge in [0.15, 0.2) is 0 Å². The standard InChI is InChI=1S/C20H21BrN2O3/c21-17-9-7-16(8-10-17)19(24)22-12-14-3-5-15(6-4-14)20(25)23-13-18-2-1-11-26-18/h3-10,18H,1-2,11-13H2,(H,22,24)(H,23,25). The third-order valence-corrected chi connectivity index (χ3v) is 4.82. The molecule has 0 aromatic heterocycles. The Labute approximate surface area is 161 Å². The Balaban J connectivity index is 1.48. The predicted molar refractivity (Wildman–Crippen MR) is 103 cm³/mol. The monoisotopic (exact) mass is 416 g/mol. The fourth-order valence-electron chi connectivity index (χ4n) is 2.77. The van der Waals surface area contributed by atoms with Crippen LogP contribution in [0.25, 0.3) is 0 Å². The molecular formula is C20H21BrN2O3. The van der Waals surface area contributed by atoms with Crippen LogP contribution in [0, 0.1) is 0 Å². The first-order chi connectivity index (χ1) is 12.6. The van der Waals surface area contributed by atoms with E-state index in [4.69, 9.17) is 4.74 Å². The fraction of sp³-hybridized carbons (Fsp3) is 0.300. The Morgan fingerprint density at radius 1 is 0.962 bits per heavy atom. The average molecular weight is 417 g/mol. The number of rotatable bonds is 6. The lowest BCUT2D eigenvalue weighted by atomic mass is 10.1. The zero-order valence-corrected chi connectivity index (χ0v) is 15.9. The second-order valence-electron chi connectivity index (χ2n) is 6.23. The summed E-state index contributed by atoms with van der Waals surface area (Å²) in [6.45, 7) is 1.73. The molecule has 1 saturated heterocycles. The summed E-state index contributed by atoms with van der Waals surface area (Å²) in [5, 5.41) is 5.77. The predicted octanol–water partition coefficient (Wildman–Crippen LogP) is 3.29. The van der Waals surface area contributed by atoms with Crippen molar-refractivity contribution < 1.29 is 14.3 Å². The van der Waals surface area contributed by atoms with Crippen molar-refractivity contribution in [2.45, 2.75) is 25.5 Å². The van der Waals surface area contributed by atoms with Crippen LogP contribution in [0.2, 0.25) is 0 Å². The highest BCUT2D eigenvalue weighted by atomic mass is 79.9. The zero-order chi connectivity index (χ0) is 18.4. The van der Waals surface area contributed by atoms with Crippen LogP contribution in [0.3, 0.4) is 0 Å². The molecule has 2 amide bonds. The summed E-state index contributed by atoms with van der Waals surface area (Å²) in [4.78, 5) is 24.3. The van der Waals surface area contributed by atoms with Crippen LogP contribution in [0.4, 0.5) is 0 Å². The molecule has 0 aliphatic carbocycles. The molecule has 6 heteroatoms. The third kappa shape index (κ3) is 5.16. The summed E-state index contributed by atoms with van der Waals surface area (Å²) in [7, 11) is 0. The van der Waals surface area contributed by atoms with Crippen molar-refractivity contribution >= 4 is 27.7 Å². The fourth-order valence-corrected chi connectivity index (χ4v) is 3.04. The van der Waals surface area contributed by atoms with Gasteiger partial charge in [-0.2, -0.15) is 0 Å². The highest BCUT2D eigenvalue weighted by Gasteiger charge is 2.16. The third-order valence-electron chi connectivity index (χ3n) is 4.29. The molecule has 1 aliphatic heterocycles. The molecule has 1 unspecified atom stereocenters. The van der Waals surface area contributed by atoms with E-state index in [-0.39, 0.29) is 17.9 Å². The van der Waals surface area contributed by atoms with Gasteiger partial charge in [-0.05, 0) is 54.8 Å². The number of halogens is 1. The van der Waals surface area contributed by atoms with E-state index in [9.17, 15) is 9.59 Å².